The zero-order chi connectivity index (χ0) is 24.7. The van der Waals surface area contributed by atoms with Gasteiger partial charge in [0.1, 0.15) is 19.2 Å². The number of anilines is 2. The molecule has 0 spiro atoms. The monoisotopic (exact) mass is 483 g/mol. The van der Waals surface area contributed by atoms with Crippen molar-refractivity contribution in [2.24, 2.45) is 0 Å². The molecule has 0 aliphatic heterocycles. The summed E-state index contributed by atoms with van der Waals surface area (Å²) in [5, 5.41) is 12.4. The highest BCUT2D eigenvalue weighted by Gasteiger charge is 2.19. The Morgan fingerprint density at radius 1 is 1.06 bits per heavy atom. The van der Waals surface area contributed by atoms with E-state index in [4.69, 9.17) is 16.3 Å². The molecule has 3 N–H and O–H groups in total. The molecule has 0 aliphatic rings. The van der Waals surface area contributed by atoms with Gasteiger partial charge in [-0.05, 0) is 50.6 Å². The van der Waals surface area contributed by atoms with Gasteiger partial charge < -0.3 is 20.7 Å². The van der Waals surface area contributed by atoms with Crippen molar-refractivity contribution in [1.29, 1.82) is 0 Å². The summed E-state index contributed by atoms with van der Waals surface area (Å²) in [5.41, 5.74) is 3.36. The van der Waals surface area contributed by atoms with Crippen LogP contribution in [0.1, 0.15) is 29.9 Å². The quantitative estimate of drug-likeness (QED) is 0.444. The summed E-state index contributed by atoms with van der Waals surface area (Å²) in [7, 11) is 0. The van der Waals surface area contributed by atoms with E-state index in [0.29, 0.717) is 11.4 Å². The van der Waals surface area contributed by atoms with Crippen LogP contribution in [0.3, 0.4) is 0 Å². The Morgan fingerprint density at radius 3 is 2.44 bits per heavy atom. The summed E-state index contributed by atoms with van der Waals surface area (Å²) in [4.78, 5) is 36.5. The van der Waals surface area contributed by atoms with Crippen molar-refractivity contribution in [3.63, 3.8) is 0 Å². The predicted octanol–water partition coefficient (Wildman–Crippen LogP) is 4.22. The van der Waals surface area contributed by atoms with Crippen LogP contribution in [-0.4, -0.2) is 34.2 Å². The zero-order valence-electron chi connectivity index (χ0n) is 19.1. The lowest BCUT2D eigenvalue weighted by Crippen LogP contribution is -2.33. The number of carbonyl (C=O) groups excluding carboxylic acids is 3. The second-order valence-corrected chi connectivity index (χ2v) is 8.10. The fourth-order valence-corrected chi connectivity index (χ4v) is 3.44. The molecule has 178 valence electrons. The molecule has 34 heavy (non-hydrogen) atoms. The lowest BCUT2D eigenvalue weighted by atomic mass is 10.2. The number of rotatable bonds is 8. The van der Waals surface area contributed by atoms with E-state index in [1.807, 2.05) is 50.2 Å². The van der Waals surface area contributed by atoms with E-state index < -0.39 is 18.0 Å². The van der Waals surface area contributed by atoms with Crippen LogP contribution in [0.15, 0.2) is 54.6 Å². The molecule has 1 atom stereocenters. The minimum Gasteiger partial charge on any atom is -0.445 e. The minimum absolute atomic E-state index is 0.106. The van der Waals surface area contributed by atoms with Crippen LogP contribution < -0.4 is 16.0 Å². The van der Waals surface area contributed by atoms with Crippen LogP contribution in [0.5, 0.6) is 0 Å². The normalized spacial score (nSPS) is 11.4. The molecule has 0 aliphatic carbocycles. The van der Waals surface area contributed by atoms with Gasteiger partial charge in [-0.1, -0.05) is 41.9 Å². The molecule has 3 amide bonds. The Hall–Kier alpha value is -3.85. The molecule has 1 unspecified atom stereocenters. The topological polar surface area (TPSA) is 114 Å². The number of carbonyl (C=O) groups is 3. The average molecular weight is 484 g/mol. The largest absolute Gasteiger partial charge is 0.445 e. The van der Waals surface area contributed by atoms with E-state index in [-0.39, 0.29) is 24.1 Å². The fraction of sp³-hybridized carbons (Fsp3) is 0.250. The number of halogens is 1. The average Bonchev–Trinajstić information content (AvgIpc) is 3.15. The van der Waals surface area contributed by atoms with Gasteiger partial charge in [0.2, 0.25) is 11.8 Å². The number of amides is 3. The van der Waals surface area contributed by atoms with Crippen LogP contribution in [0.25, 0.3) is 0 Å². The molecule has 3 rings (SSSR count). The van der Waals surface area contributed by atoms with Gasteiger partial charge in [-0.3, -0.25) is 14.3 Å². The molecule has 0 saturated heterocycles. The summed E-state index contributed by atoms with van der Waals surface area (Å²) in [5.74, 6) is -0.731. The third-order valence-corrected chi connectivity index (χ3v) is 5.22. The molecule has 1 aromatic heterocycles. The van der Waals surface area contributed by atoms with Gasteiger partial charge in [0, 0.05) is 11.4 Å². The number of nitrogens with zero attached hydrogens (tertiary/aromatic N) is 2. The van der Waals surface area contributed by atoms with Gasteiger partial charge in [-0.15, -0.1) is 0 Å². The lowest BCUT2D eigenvalue weighted by molar-refractivity contribution is -0.119. The molecular formula is C24H26ClN5O4. The third kappa shape index (κ3) is 6.82. The van der Waals surface area contributed by atoms with Crippen LogP contribution in [0.4, 0.5) is 16.2 Å². The molecule has 9 nitrogen and oxygen atoms in total. The molecule has 10 heteroatoms. The lowest BCUT2D eigenvalue weighted by Gasteiger charge is -2.16. The van der Waals surface area contributed by atoms with Crippen molar-refractivity contribution in [2.75, 3.05) is 17.2 Å². The number of hydrogen-bond acceptors (Lipinski definition) is 5. The van der Waals surface area contributed by atoms with Crippen molar-refractivity contribution in [1.82, 2.24) is 15.1 Å². The highest BCUT2D eigenvalue weighted by atomic mass is 35.5. The minimum atomic E-state index is -0.702. The number of ether oxygens (including phenoxy) is 1. The number of hydrogen-bond donors (Lipinski definition) is 3. The maximum atomic E-state index is 12.6. The predicted molar refractivity (Wildman–Crippen MR) is 130 cm³/mol. The summed E-state index contributed by atoms with van der Waals surface area (Å²) >= 11 is 6.29. The van der Waals surface area contributed by atoms with Crippen molar-refractivity contribution < 1.29 is 19.1 Å². The SMILES string of the molecule is Cc1cc(C)n(C(C)C(=O)Nc2ccc(NC(=O)CNC(=O)OCc3ccccc3)cc2Cl)n1. The fourth-order valence-electron chi connectivity index (χ4n) is 3.21. The Bertz CT molecular complexity index is 1180. The van der Waals surface area contributed by atoms with Crippen LogP contribution in [-0.2, 0) is 20.9 Å². The smallest absolute Gasteiger partial charge is 0.407 e. The number of aromatic nitrogens is 2. The first-order valence-electron chi connectivity index (χ1n) is 10.6. The molecule has 2 aromatic carbocycles. The number of nitrogens with one attached hydrogen (secondary N) is 3. The van der Waals surface area contributed by atoms with E-state index in [2.05, 4.69) is 21.0 Å². The van der Waals surface area contributed by atoms with Crippen molar-refractivity contribution in [3.05, 3.63) is 76.6 Å². The highest BCUT2D eigenvalue weighted by Crippen LogP contribution is 2.26. The van der Waals surface area contributed by atoms with E-state index in [1.54, 1.807) is 23.7 Å². The van der Waals surface area contributed by atoms with Crippen molar-refractivity contribution >= 4 is 40.9 Å². The first-order chi connectivity index (χ1) is 16.2. The van der Waals surface area contributed by atoms with Crippen molar-refractivity contribution in [3.8, 4) is 0 Å². The van der Waals surface area contributed by atoms with Gasteiger partial charge in [-0.2, -0.15) is 5.10 Å². The maximum Gasteiger partial charge on any atom is 0.407 e. The van der Waals surface area contributed by atoms with Crippen molar-refractivity contribution in [2.45, 2.75) is 33.4 Å². The van der Waals surface area contributed by atoms with Crippen LogP contribution >= 0.6 is 11.6 Å². The van der Waals surface area contributed by atoms with E-state index in [1.165, 1.54) is 6.07 Å². The summed E-state index contributed by atoms with van der Waals surface area (Å²) in [6.07, 6.45) is -0.702. The van der Waals surface area contributed by atoms with Gasteiger partial charge in [0.05, 0.1) is 16.4 Å². The zero-order valence-corrected chi connectivity index (χ0v) is 19.8. The van der Waals surface area contributed by atoms with Gasteiger partial charge >= 0.3 is 6.09 Å². The summed E-state index contributed by atoms with van der Waals surface area (Å²) in [6.45, 7) is 5.32. The van der Waals surface area contributed by atoms with Crippen LogP contribution in [0, 0.1) is 13.8 Å². The number of aryl methyl sites for hydroxylation is 2. The second kappa shape index (κ2) is 11.3. The molecule has 0 fully saturated rings. The molecule has 1 heterocycles. The van der Waals surface area contributed by atoms with Gasteiger partial charge in [0.15, 0.2) is 0 Å². The summed E-state index contributed by atoms with van der Waals surface area (Å²) in [6, 6.07) is 15.3. The summed E-state index contributed by atoms with van der Waals surface area (Å²) < 4.78 is 6.71. The Balaban J connectivity index is 1.48. The van der Waals surface area contributed by atoms with E-state index in [9.17, 15) is 14.4 Å². The number of alkyl carbamates (subject to hydrolysis) is 1. The Labute approximate surface area is 202 Å². The van der Waals surface area contributed by atoms with Gasteiger partial charge in [-0.25, -0.2) is 4.79 Å². The van der Waals surface area contributed by atoms with E-state index >= 15 is 0 Å². The second-order valence-electron chi connectivity index (χ2n) is 7.69. The first-order valence-corrected chi connectivity index (χ1v) is 11.0. The Kier molecular flexibility index (Phi) is 8.26. The number of benzene rings is 2. The molecule has 0 radical (unpaired) electrons. The maximum absolute atomic E-state index is 12.6. The third-order valence-electron chi connectivity index (χ3n) is 4.91. The van der Waals surface area contributed by atoms with Gasteiger partial charge in [0.25, 0.3) is 0 Å². The Morgan fingerprint density at radius 2 is 1.79 bits per heavy atom. The molecule has 3 aromatic rings. The molecule has 0 bridgehead atoms. The van der Waals surface area contributed by atoms with Crippen LogP contribution in [0.2, 0.25) is 5.02 Å². The first kappa shape index (κ1) is 24.8. The molecular weight excluding hydrogens is 458 g/mol. The standard InChI is InChI=1S/C24H26ClN5O4/c1-15-11-16(2)30(29-15)17(3)23(32)28-21-10-9-19(12-20(21)25)27-22(31)13-26-24(33)34-14-18-7-5-4-6-8-18/h4-12,17H,13-14H2,1-3H3,(H,26,33)(H,27,31)(H,28,32). The highest BCUT2D eigenvalue weighted by molar-refractivity contribution is 6.34. The van der Waals surface area contributed by atoms with E-state index in [0.717, 1.165) is 17.0 Å². The molecule has 0 saturated carbocycles.